The maximum Gasteiger partial charge on any atom is 0.410 e. The zero-order valence-corrected chi connectivity index (χ0v) is 9.94. The van der Waals surface area contributed by atoms with E-state index < -0.39 is 29.9 Å². The van der Waals surface area contributed by atoms with Gasteiger partial charge in [0.05, 0.1) is 12.6 Å². The summed E-state index contributed by atoms with van der Waals surface area (Å²) in [6, 6.07) is -1.25. The minimum absolute atomic E-state index is 0.0518. The van der Waals surface area contributed by atoms with Gasteiger partial charge in [0.15, 0.2) is 0 Å². The van der Waals surface area contributed by atoms with E-state index in [1.807, 2.05) is 0 Å². The molecule has 5 nitrogen and oxygen atoms in total. The maximum atomic E-state index is 13.4. The van der Waals surface area contributed by atoms with Gasteiger partial charge in [-0.25, -0.2) is 9.18 Å². The molecule has 1 heterocycles. The van der Waals surface area contributed by atoms with Gasteiger partial charge in [0, 0.05) is 12.6 Å². The Labute approximate surface area is 94.9 Å². The Morgan fingerprint density at radius 3 is 2.38 bits per heavy atom. The molecular weight excluding hydrogens is 213 g/mol. The Hall–Kier alpha value is -0.880. The predicted molar refractivity (Wildman–Crippen MR) is 58.7 cm³/mol. The van der Waals surface area contributed by atoms with Gasteiger partial charge in [-0.1, -0.05) is 0 Å². The minimum atomic E-state index is -1.30. The number of rotatable bonds is 0. The SMILES string of the molecule is CC(C)(C)OC(=O)N1C[C@H](N)[C@H](N)[C@@H](F)C1. The summed E-state index contributed by atoms with van der Waals surface area (Å²) in [4.78, 5) is 12.9. The van der Waals surface area contributed by atoms with Crippen LogP contribution < -0.4 is 11.5 Å². The molecule has 1 rings (SSSR count). The van der Waals surface area contributed by atoms with Gasteiger partial charge in [-0.3, -0.25) is 0 Å². The normalized spacial score (nSPS) is 31.4. The van der Waals surface area contributed by atoms with Crippen molar-refractivity contribution in [1.29, 1.82) is 0 Å². The lowest BCUT2D eigenvalue weighted by molar-refractivity contribution is 0.00863. The number of piperidine rings is 1. The van der Waals surface area contributed by atoms with E-state index in [-0.39, 0.29) is 13.1 Å². The highest BCUT2D eigenvalue weighted by atomic mass is 19.1. The van der Waals surface area contributed by atoms with Crippen LogP contribution >= 0.6 is 0 Å². The third kappa shape index (κ3) is 3.31. The van der Waals surface area contributed by atoms with Gasteiger partial charge < -0.3 is 21.1 Å². The van der Waals surface area contributed by atoms with Crippen LogP contribution in [0.25, 0.3) is 0 Å². The van der Waals surface area contributed by atoms with Gasteiger partial charge in [0.2, 0.25) is 0 Å². The van der Waals surface area contributed by atoms with Crippen molar-refractivity contribution >= 4 is 6.09 Å². The first-order chi connectivity index (χ1) is 7.20. The molecular formula is C10H20FN3O2. The molecule has 1 aliphatic rings. The molecule has 0 saturated carbocycles. The molecule has 0 aromatic carbocycles. The predicted octanol–water partition coefficient (Wildman–Crippen LogP) is 0.230. The van der Waals surface area contributed by atoms with Crippen molar-refractivity contribution < 1.29 is 13.9 Å². The van der Waals surface area contributed by atoms with Crippen LogP contribution in [0.15, 0.2) is 0 Å². The largest absolute Gasteiger partial charge is 0.444 e. The number of carbonyl (C=O) groups is 1. The van der Waals surface area contributed by atoms with Crippen molar-refractivity contribution in [3.63, 3.8) is 0 Å². The highest BCUT2D eigenvalue weighted by molar-refractivity contribution is 5.68. The van der Waals surface area contributed by atoms with Gasteiger partial charge >= 0.3 is 6.09 Å². The summed E-state index contributed by atoms with van der Waals surface area (Å²) in [7, 11) is 0. The number of likely N-dealkylation sites (tertiary alicyclic amines) is 1. The van der Waals surface area contributed by atoms with Gasteiger partial charge in [0.25, 0.3) is 0 Å². The van der Waals surface area contributed by atoms with Gasteiger partial charge in [-0.15, -0.1) is 0 Å². The van der Waals surface area contributed by atoms with Gasteiger partial charge in [-0.2, -0.15) is 0 Å². The number of alkyl halides is 1. The van der Waals surface area contributed by atoms with Crippen LogP contribution in [0.5, 0.6) is 0 Å². The molecule has 0 aromatic rings. The Kier molecular flexibility index (Phi) is 3.75. The molecule has 0 radical (unpaired) electrons. The first-order valence-corrected chi connectivity index (χ1v) is 5.34. The number of hydrogen-bond donors (Lipinski definition) is 2. The molecule has 0 unspecified atom stereocenters. The smallest absolute Gasteiger partial charge is 0.410 e. The van der Waals surface area contributed by atoms with Crippen molar-refractivity contribution in [3.05, 3.63) is 0 Å². The standard InChI is InChI=1S/C10H20FN3O2/c1-10(2,3)16-9(15)14-4-6(11)8(13)7(12)5-14/h6-8H,4-5,12-13H2,1-3H3/t6-,7-,8+/m0/s1. The third-order valence-electron chi connectivity index (χ3n) is 2.39. The lowest BCUT2D eigenvalue weighted by Crippen LogP contribution is -2.62. The topological polar surface area (TPSA) is 81.6 Å². The molecule has 4 N–H and O–H groups in total. The van der Waals surface area contributed by atoms with E-state index in [2.05, 4.69) is 0 Å². The van der Waals surface area contributed by atoms with E-state index in [0.29, 0.717) is 0 Å². The average Bonchev–Trinajstić information content (AvgIpc) is 2.10. The zero-order chi connectivity index (χ0) is 12.5. The summed E-state index contributed by atoms with van der Waals surface area (Å²) in [5.41, 5.74) is 10.6. The molecule has 1 aliphatic heterocycles. The Morgan fingerprint density at radius 1 is 1.38 bits per heavy atom. The summed E-state index contributed by atoms with van der Waals surface area (Å²) >= 11 is 0. The van der Waals surface area contributed by atoms with Crippen LogP contribution in [0.1, 0.15) is 20.8 Å². The van der Waals surface area contributed by atoms with E-state index in [1.165, 1.54) is 4.90 Å². The number of amides is 1. The molecule has 0 bridgehead atoms. The molecule has 0 aromatic heterocycles. The second-order valence-corrected chi connectivity index (χ2v) is 5.14. The minimum Gasteiger partial charge on any atom is -0.444 e. The van der Waals surface area contributed by atoms with Crippen LogP contribution in [0, 0.1) is 0 Å². The maximum absolute atomic E-state index is 13.4. The third-order valence-corrected chi connectivity index (χ3v) is 2.39. The van der Waals surface area contributed by atoms with Crippen molar-refractivity contribution in [2.24, 2.45) is 11.5 Å². The second-order valence-electron chi connectivity index (χ2n) is 5.14. The fourth-order valence-corrected chi connectivity index (χ4v) is 1.53. The molecule has 0 aliphatic carbocycles. The van der Waals surface area contributed by atoms with E-state index in [0.717, 1.165) is 0 Å². The zero-order valence-electron chi connectivity index (χ0n) is 9.94. The summed E-state index contributed by atoms with van der Waals surface area (Å²) < 4.78 is 18.5. The van der Waals surface area contributed by atoms with Crippen LogP contribution in [-0.2, 0) is 4.74 Å². The molecule has 1 saturated heterocycles. The second kappa shape index (κ2) is 4.55. The number of halogens is 1. The van der Waals surface area contributed by atoms with E-state index in [9.17, 15) is 9.18 Å². The van der Waals surface area contributed by atoms with Crippen molar-refractivity contribution in [3.8, 4) is 0 Å². The molecule has 6 heteroatoms. The lowest BCUT2D eigenvalue weighted by atomic mass is 10.00. The van der Waals surface area contributed by atoms with E-state index in [4.69, 9.17) is 16.2 Å². The number of hydrogen-bond acceptors (Lipinski definition) is 4. The quantitative estimate of drug-likeness (QED) is 0.627. The summed E-state index contributed by atoms with van der Waals surface area (Å²) in [5, 5.41) is 0. The van der Waals surface area contributed by atoms with Crippen molar-refractivity contribution in [2.75, 3.05) is 13.1 Å². The number of nitrogens with zero attached hydrogens (tertiary/aromatic N) is 1. The highest BCUT2D eigenvalue weighted by Crippen LogP contribution is 2.16. The first-order valence-electron chi connectivity index (χ1n) is 5.34. The summed E-state index contributed by atoms with van der Waals surface area (Å²) in [6.45, 7) is 5.45. The molecule has 0 spiro atoms. The van der Waals surface area contributed by atoms with E-state index >= 15 is 0 Å². The molecule has 1 fully saturated rings. The molecule has 1 amide bonds. The number of ether oxygens (including phenoxy) is 1. The van der Waals surface area contributed by atoms with Gasteiger partial charge in [0.1, 0.15) is 11.8 Å². The highest BCUT2D eigenvalue weighted by Gasteiger charge is 2.36. The van der Waals surface area contributed by atoms with Crippen LogP contribution in [0.3, 0.4) is 0 Å². The van der Waals surface area contributed by atoms with Crippen LogP contribution in [0.4, 0.5) is 9.18 Å². The molecule has 94 valence electrons. The summed E-state index contributed by atoms with van der Waals surface area (Å²) in [6.07, 6.45) is -1.84. The Bertz CT molecular complexity index is 255. The van der Waals surface area contributed by atoms with Crippen LogP contribution in [-0.4, -0.2) is 47.9 Å². The molecule has 16 heavy (non-hydrogen) atoms. The van der Waals surface area contributed by atoms with Crippen LogP contribution in [0.2, 0.25) is 0 Å². The Balaban J connectivity index is 2.58. The fourth-order valence-electron chi connectivity index (χ4n) is 1.53. The van der Waals surface area contributed by atoms with Gasteiger partial charge in [-0.05, 0) is 20.8 Å². The molecule has 3 atom stereocenters. The monoisotopic (exact) mass is 233 g/mol. The lowest BCUT2D eigenvalue weighted by Gasteiger charge is -2.37. The number of nitrogens with two attached hydrogens (primary N) is 2. The van der Waals surface area contributed by atoms with E-state index in [1.54, 1.807) is 20.8 Å². The average molecular weight is 233 g/mol. The van der Waals surface area contributed by atoms with Crippen molar-refractivity contribution in [2.45, 2.75) is 44.6 Å². The van der Waals surface area contributed by atoms with Crippen molar-refractivity contribution in [1.82, 2.24) is 4.90 Å². The first kappa shape index (κ1) is 13.2. The number of carbonyl (C=O) groups excluding carboxylic acids is 1. The fraction of sp³-hybridized carbons (Fsp3) is 0.900. The Morgan fingerprint density at radius 2 is 1.94 bits per heavy atom. The summed E-state index contributed by atoms with van der Waals surface area (Å²) in [5.74, 6) is 0.